The second-order valence-electron chi connectivity index (χ2n) is 6.58. The van der Waals surface area contributed by atoms with E-state index in [9.17, 15) is 18.4 Å². The van der Waals surface area contributed by atoms with E-state index < -0.39 is 11.7 Å². The van der Waals surface area contributed by atoms with Gasteiger partial charge in [0.15, 0.2) is 0 Å². The average Bonchev–Trinajstić information content (AvgIpc) is 3.19. The molecule has 4 rings (SSSR count). The van der Waals surface area contributed by atoms with Crippen LogP contribution in [0.25, 0.3) is 28.1 Å². The molecule has 0 spiro atoms. The molecule has 0 bridgehead atoms. The Kier molecular flexibility index (Phi) is 4.69. The van der Waals surface area contributed by atoms with E-state index in [1.807, 2.05) is 42.5 Å². The van der Waals surface area contributed by atoms with Gasteiger partial charge in [0.1, 0.15) is 0 Å². The van der Waals surface area contributed by atoms with E-state index in [4.69, 9.17) is 0 Å². The molecule has 0 saturated carbocycles. The van der Waals surface area contributed by atoms with Gasteiger partial charge in [0.25, 0.3) is 0 Å². The third-order valence-corrected chi connectivity index (χ3v) is 4.71. The van der Waals surface area contributed by atoms with Crippen LogP contribution in [0.3, 0.4) is 0 Å². The minimum atomic E-state index is -4.41. The molecule has 0 aliphatic heterocycles. The van der Waals surface area contributed by atoms with Crippen LogP contribution in [0.2, 0.25) is 0 Å². The lowest BCUT2D eigenvalue weighted by atomic mass is 10.0. The number of halogens is 3. The minimum Gasteiger partial charge on any atom is -0.317 e. The second-order valence-corrected chi connectivity index (χ2v) is 6.58. The Labute approximate surface area is 165 Å². The van der Waals surface area contributed by atoms with Gasteiger partial charge in [-0.05, 0) is 58.8 Å². The van der Waals surface area contributed by atoms with Crippen molar-refractivity contribution >= 4 is 22.4 Å². The van der Waals surface area contributed by atoms with Crippen molar-refractivity contribution < 1.29 is 13.2 Å². The van der Waals surface area contributed by atoms with Gasteiger partial charge >= 0.3 is 6.18 Å². The summed E-state index contributed by atoms with van der Waals surface area (Å²) in [6, 6.07) is 24.4. The molecule has 0 aliphatic rings. The summed E-state index contributed by atoms with van der Waals surface area (Å²) in [4.78, 5) is 0. The van der Waals surface area contributed by atoms with E-state index in [0.717, 1.165) is 28.5 Å². The number of nitriles is 1. The standard InChI is InChI=1S/C24H15F3N2/c25-24(26,27)21-7-3-8-23(15-21)29-12-4-9-22(29)14-20(16-28)19-11-10-17-5-1-2-6-18(17)13-19/h1-15H/b20-14-. The molecular formula is C24H15F3N2. The van der Waals surface area contributed by atoms with Gasteiger partial charge in [-0.25, -0.2) is 0 Å². The molecule has 5 heteroatoms. The summed E-state index contributed by atoms with van der Waals surface area (Å²) >= 11 is 0. The molecule has 4 aromatic rings. The van der Waals surface area contributed by atoms with Gasteiger partial charge in [-0.2, -0.15) is 18.4 Å². The van der Waals surface area contributed by atoms with Crippen LogP contribution in [-0.2, 0) is 6.18 Å². The summed E-state index contributed by atoms with van der Waals surface area (Å²) in [5, 5.41) is 11.8. The van der Waals surface area contributed by atoms with Gasteiger partial charge in [-0.15, -0.1) is 0 Å². The SMILES string of the molecule is N#C/C(=C/c1cccn1-c1cccc(C(F)(F)F)c1)c1ccc2ccccc2c1. The first-order valence-corrected chi connectivity index (χ1v) is 8.92. The fourth-order valence-electron chi connectivity index (χ4n) is 3.26. The zero-order valence-corrected chi connectivity index (χ0v) is 15.2. The zero-order chi connectivity index (χ0) is 20.4. The Morgan fingerprint density at radius 3 is 2.41 bits per heavy atom. The Morgan fingerprint density at radius 1 is 0.862 bits per heavy atom. The molecule has 1 aromatic heterocycles. The molecule has 0 fully saturated rings. The van der Waals surface area contributed by atoms with Crippen LogP contribution >= 0.6 is 0 Å². The summed E-state index contributed by atoms with van der Waals surface area (Å²) < 4.78 is 40.8. The molecule has 0 N–H and O–H groups in total. The lowest BCUT2D eigenvalue weighted by Gasteiger charge is -2.11. The van der Waals surface area contributed by atoms with Crippen LogP contribution in [-0.4, -0.2) is 4.57 Å². The molecule has 2 nitrogen and oxygen atoms in total. The number of aromatic nitrogens is 1. The second kappa shape index (κ2) is 7.33. The van der Waals surface area contributed by atoms with E-state index in [1.165, 1.54) is 6.07 Å². The number of benzene rings is 3. The lowest BCUT2D eigenvalue weighted by molar-refractivity contribution is -0.137. The Balaban J connectivity index is 1.77. The highest BCUT2D eigenvalue weighted by Crippen LogP contribution is 2.31. The van der Waals surface area contributed by atoms with Crippen molar-refractivity contribution in [3.8, 4) is 11.8 Å². The molecule has 0 amide bonds. The molecule has 0 radical (unpaired) electrons. The third kappa shape index (κ3) is 3.78. The van der Waals surface area contributed by atoms with Gasteiger partial charge in [-0.3, -0.25) is 0 Å². The topological polar surface area (TPSA) is 28.7 Å². The Morgan fingerprint density at radius 2 is 1.66 bits per heavy atom. The fourth-order valence-corrected chi connectivity index (χ4v) is 3.26. The van der Waals surface area contributed by atoms with Gasteiger partial charge in [-0.1, -0.05) is 42.5 Å². The quantitative estimate of drug-likeness (QED) is 0.358. The molecule has 0 saturated heterocycles. The maximum atomic E-state index is 13.1. The van der Waals surface area contributed by atoms with Crippen molar-refractivity contribution in [2.45, 2.75) is 6.18 Å². The summed E-state index contributed by atoms with van der Waals surface area (Å²) in [6.07, 6.45) is -1.05. The number of hydrogen-bond acceptors (Lipinski definition) is 1. The van der Waals surface area contributed by atoms with Crippen molar-refractivity contribution in [3.63, 3.8) is 0 Å². The van der Waals surface area contributed by atoms with Crippen molar-refractivity contribution in [1.29, 1.82) is 5.26 Å². The zero-order valence-electron chi connectivity index (χ0n) is 15.2. The van der Waals surface area contributed by atoms with Crippen molar-refractivity contribution in [3.05, 3.63) is 102 Å². The number of hydrogen-bond donors (Lipinski definition) is 0. The van der Waals surface area contributed by atoms with Crippen LogP contribution in [0.15, 0.2) is 85.1 Å². The van der Waals surface area contributed by atoms with E-state index in [0.29, 0.717) is 17.0 Å². The summed E-state index contributed by atoms with van der Waals surface area (Å²) in [5.74, 6) is 0. The minimum absolute atomic E-state index is 0.381. The molecule has 142 valence electrons. The predicted molar refractivity (Wildman–Crippen MR) is 108 cm³/mol. The molecule has 0 aliphatic carbocycles. The van der Waals surface area contributed by atoms with Gasteiger partial charge < -0.3 is 4.57 Å². The molecule has 0 unspecified atom stereocenters. The maximum Gasteiger partial charge on any atom is 0.416 e. The molecule has 29 heavy (non-hydrogen) atoms. The van der Waals surface area contributed by atoms with Crippen LogP contribution in [0.4, 0.5) is 13.2 Å². The summed E-state index contributed by atoms with van der Waals surface area (Å²) in [7, 11) is 0. The highest BCUT2D eigenvalue weighted by molar-refractivity contribution is 5.94. The molecule has 3 aromatic carbocycles. The molecular weight excluding hydrogens is 373 g/mol. The summed E-state index contributed by atoms with van der Waals surface area (Å²) in [6.45, 7) is 0. The number of alkyl halides is 3. The number of fused-ring (bicyclic) bond motifs is 1. The van der Waals surface area contributed by atoms with E-state index >= 15 is 0 Å². The highest BCUT2D eigenvalue weighted by atomic mass is 19.4. The first kappa shape index (κ1) is 18.6. The van der Waals surface area contributed by atoms with Crippen LogP contribution in [0, 0.1) is 11.3 Å². The Hall–Kier alpha value is -3.78. The highest BCUT2D eigenvalue weighted by Gasteiger charge is 2.30. The largest absolute Gasteiger partial charge is 0.416 e. The number of allylic oxidation sites excluding steroid dienone is 1. The molecule has 0 atom stereocenters. The van der Waals surface area contributed by atoms with Crippen molar-refractivity contribution in [2.75, 3.05) is 0 Å². The number of rotatable bonds is 3. The fraction of sp³-hybridized carbons (Fsp3) is 0.0417. The first-order chi connectivity index (χ1) is 14.0. The maximum absolute atomic E-state index is 13.1. The van der Waals surface area contributed by atoms with E-state index in [2.05, 4.69) is 6.07 Å². The van der Waals surface area contributed by atoms with Crippen molar-refractivity contribution in [2.24, 2.45) is 0 Å². The van der Waals surface area contributed by atoms with E-state index in [-0.39, 0.29) is 0 Å². The average molecular weight is 388 g/mol. The lowest BCUT2D eigenvalue weighted by Crippen LogP contribution is -2.06. The third-order valence-electron chi connectivity index (χ3n) is 4.71. The summed E-state index contributed by atoms with van der Waals surface area (Å²) in [5.41, 5.74) is 1.47. The van der Waals surface area contributed by atoms with Crippen LogP contribution < -0.4 is 0 Å². The molecule has 1 heterocycles. The first-order valence-electron chi connectivity index (χ1n) is 8.92. The van der Waals surface area contributed by atoms with Gasteiger partial charge in [0.05, 0.1) is 17.2 Å². The van der Waals surface area contributed by atoms with Crippen LogP contribution in [0.1, 0.15) is 16.8 Å². The van der Waals surface area contributed by atoms with Gasteiger partial charge in [0.2, 0.25) is 0 Å². The number of nitrogens with zero attached hydrogens (tertiary/aromatic N) is 2. The van der Waals surface area contributed by atoms with Crippen molar-refractivity contribution in [1.82, 2.24) is 4.57 Å². The van der Waals surface area contributed by atoms with Gasteiger partial charge in [0, 0.05) is 17.6 Å². The predicted octanol–water partition coefficient (Wildman–Crippen LogP) is 6.71. The normalized spacial score (nSPS) is 12.1. The monoisotopic (exact) mass is 388 g/mol. The van der Waals surface area contributed by atoms with E-state index in [1.54, 1.807) is 35.0 Å². The smallest absolute Gasteiger partial charge is 0.317 e. The van der Waals surface area contributed by atoms with Crippen LogP contribution in [0.5, 0.6) is 0 Å². The Bertz CT molecular complexity index is 1260.